The average molecular weight is 1050 g/mol. The summed E-state index contributed by atoms with van der Waals surface area (Å²) in [4.78, 5) is 21.8. The zero-order valence-corrected chi connectivity index (χ0v) is 48.1. The number of aryl methyl sites for hydroxylation is 9. The number of ether oxygens (including phenoxy) is 2. The molecule has 0 amide bonds. The third kappa shape index (κ3) is 10.6. The second kappa shape index (κ2) is 22.5. The zero-order chi connectivity index (χ0) is 55.8. The van der Waals surface area contributed by atoms with E-state index in [9.17, 15) is 0 Å². The van der Waals surface area contributed by atoms with E-state index in [4.69, 9.17) is 29.4 Å². The molecule has 80 heavy (non-hydrogen) atoms. The van der Waals surface area contributed by atoms with E-state index in [1.807, 2.05) is 12.1 Å². The van der Waals surface area contributed by atoms with Crippen molar-refractivity contribution in [3.05, 3.63) is 212 Å². The molecule has 0 aliphatic heterocycles. The van der Waals surface area contributed by atoms with E-state index >= 15 is 0 Å². The van der Waals surface area contributed by atoms with Gasteiger partial charge in [0.1, 0.15) is 11.5 Å². The fourth-order valence-electron chi connectivity index (χ4n) is 11.8. The van der Waals surface area contributed by atoms with Crippen molar-refractivity contribution < 1.29 is 9.47 Å². The van der Waals surface area contributed by atoms with Gasteiger partial charge in [0.25, 0.3) is 0 Å². The molecule has 6 nitrogen and oxygen atoms in total. The molecule has 0 fully saturated rings. The molecule has 0 saturated carbocycles. The molecule has 1 aliphatic carbocycles. The molecule has 0 unspecified atom stereocenters. The fourth-order valence-corrected chi connectivity index (χ4v) is 11.8. The van der Waals surface area contributed by atoms with Crippen LogP contribution in [0.3, 0.4) is 0 Å². The minimum Gasteiger partial charge on any atom is -0.492 e. The summed E-state index contributed by atoms with van der Waals surface area (Å²) in [5.74, 6) is 16.0. The van der Waals surface area contributed by atoms with Crippen molar-refractivity contribution in [1.82, 2.24) is 19.9 Å². The average Bonchev–Trinajstić information content (AvgIpc) is 4.02. The van der Waals surface area contributed by atoms with Crippen LogP contribution in [0.4, 0.5) is 0 Å². The molecule has 0 atom stereocenters. The van der Waals surface area contributed by atoms with Crippen LogP contribution >= 0.6 is 0 Å². The van der Waals surface area contributed by atoms with Crippen LogP contribution in [-0.2, 0) is 0 Å². The van der Waals surface area contributed by atoms with Gasteiger partial charge in [-0.1, -0.05) is 164 Å². The lowest BCUT2D eigenvalue weighted by Gasteiger charge is -2.16. The molecular weight excluding hydrogens is 977 g/mol. The number of fused-ring (bicyclic) bond motifs is 6. The minimum atomic E-state index is 0.135. The molecule has 0 N–H and O–H groups in total. The maximum atomic E-state index is 6.70. The molecule has 6 heteroatoms. The summed E-state index contributed by atoms with van der Waals surface area (Å²) in [6.45, 7) is 24.9. The van der Waals surface area contributed by atoms with Crippen LogP contribution in [0.15, 0.2) is 133 Å². The molecule has 0 bridgehead atoms. The number of pyridine rings is 4. The summed E-state index contributed by atoms with van der Waals surface area (Å²) in [7, 11) is 0. The largest absolute Gasteiger partial charge is 0.492 e. The lowest BCUT2D eigenvalue weighted by molar-refractivity contribution is 0.299. The van der Waals surface area contributed by atoms with Crippen molar-refractivity contribution in [2.45, 2.75) is 108 Å². The summed E-state index contributed by atoms with van der Waals surface area (Å²) >= 11 is 0. The Bertz CT molecular complexity index is 4260. The number of rotatable bonds is 12. The van der Waals surface area contributed by atoms with Crippen molar-refractivity contribution >= 4 is 43.6 Å². The lowest BCUT2D eigenvalue weighted by atomic mass is 9.93. The summed E-state index contributed by atoms with van der Waals surface area (Å²) in [5, 5.41) is 4.03. The Morgan fingerprint density at radius 3 is 1.21 bits per heavy atom. The van der Waals surface area contributed by atoms with E-state index in [-0.39, 0.29) is 5.92 Å². The van der Waals surface area contributed by atoms with E-state index in [0.29, 0.717) is 24.7 Å². The van der Waals surface area contributed by atoms with Crippen molar-refractivity contribution in [3.8, 4) is 69.0 Å². The molecule has 1 aliphatic rings. The van der Waals surface area contributed by atoms with E-state index < -0.39 is 0 Å². The molecule has 4 heterocycles. The van der Waals surface area contributed by atoms with Crippen molar-refractivity contribution in [3.63, 3.8) is 0 Å². The Labute approximate surface area is 472 Å². The van der Waals surface area contributed by atoms with Crippen molar-refractivity contribution in [1.29, 1.82) is 0 Å². The monoisotopic (exact) mass is 1040 g/mol. The normalized spacial score (nSPS) is 12.1. The number of aromatic nitrogens is 4. The number of hydrogen-bond donors (Lipinski definition) is 0. The first kappa shape index (κ1) is 53.2. The molecule has 0 saturated heterocycles. The van der Waals surface area contributed by atoms with Gasteiger partial charge in [-0.3, -0.25) is 0 Å². The van der Waals surface area contributed by atoms with Crippen LogP contribution in [0.2, 0.25) is 0 Å². The summed E-state index contributed by atoms with van der Waals surface area (Å²) in [5.41, 5.74) is 24.1. The Kier molecular flexibility index (Phi) is 14.9. The first-order valence-corrected chi connectivity index (χ1v) is 28.3. The van der Waals surface area contributed by atoms with Gasteiger partial charge in [-0.15, -0.1) is 0 Å². The second-order valence-corrected chi connectivity index (χ2v) is 22.0. The van der Waals surface area contributed by atoms with Gasteiger partial charge in [0, 0.05) is 56.3 Å². The number of unbranched alkanes of at least 4 members (excludes halogenated alkanes) is 2. The first-order chi connectivity index (χ1) is 38.7. The third-order valence-electron chi connectivity index (χ3n) is 15.4. The quantitative estimate of drug-likeness (QED) is 0.0690. The van der Waals surface area contributed by atoms with Gasteiger partial charge >= 0.3 is 0 Å². The topological polar surface area (TPSA) is 70.0 Å². The SMILES string of the molecule is CCCCOc1cc(C#Cc2cc3ccc4ccc(C5C=CC=C5)nc4c3nc2-c2c(C)cc(C)cc2C)c(OCCCC)cc1C#Cc1cc2ccc3ccc(-c4c(C)cc(C)cc4C)nc3c2nc1-c1c(C)cc(C)cc1C. The van der Waals surface area contributed by atoms with Gasteiger partial charge in [0.15, 0.2) is 0 Å². The summed E-state index contributed by atoms with van der Waals surface area (Å²) in [6.07, 6.45) is 12.3. The molecule has 10 aromatic rings. The summed E-state index contributed by atoms with van der Waals surface area (Å²) in [6, 6.07) is 39.0. The van der Waals surface area contributed by atoms with Gasteiger partial charge in [0.05, 0.1) is 80.3 Å². The van der Waals surface area contributed by atoms with Gasteiger partial charge in [-0.2, -0.15) is 0 Å². The van der Waals surface area contributed by atoms with Crippen LogP contribution in [0.5, 0.6) is 11.5 Å². The Morgan fingerprint density at radius 2 is 0.762 bits per heavy atom. The molecule has 0 spiro atoms. The number of allylic oxidation sites excluding steroid dienone is 4. The summed E-state index contributed by atoms with van der Waals surface area (Å²) < 4.78 is 13.4. The van der Waals surface area contributed by atoms with Crippen LogP contribution in [0, 0.1) is 86.0 Å². The highest BCUT2D eigenvalue weighted by Crippen LogP contribution is 2.38. The standard InChI is InChI=1S/C74H68N4O2/c1-12-14-32-79-64-43-57(23-27-59-41-61-25-21-55-29-31-63(66-47(6)34-44(3)35-48(66)7)76-72(55)74(61)78-70(59)68-51(10)38-46(5)39-52(68)11)65(80-33-15-13-2)42-56(64)22-26-58-40-60-24-20-54-28-30-62(53-18-16-17-19-53)75-71(54)73(60)77-69(58)67-49(8)36-45(4)37-50(67)9/h16-21,24-25,28-31,34-43,53H,12-15,32-33H2,1-11H3. The highest BCUT2D eigenvalue weighted by atomic mass is 16.5. The van der Waals surface area contributed by atoms with Gasteiger partial charge in [0.2, 0.25) is 0 Å². The smallest absolute Gasteiger partial charge is 0.136 e. The van der Waals surface area contributed by atoms with E-state index in [0.717, 1.165) is 153 Å². The first-order valence-electron chi connectivity index (χ1n) is 28.3. The Balaban J connectivity index is 1.08. The fraction of sp³-hybridized carbons (Fsp3) is 0.243. The Hall–Kier alpha value is -8.84. The lowest BCUT2D eigenvalue weighted by Crippen LogP contribution is -2.03. The van der Waals surface area contributed by atoms with E-state index in [2.05, 4.69) is 221 Å². The number of hydrogen-bond acceptors (Lipinski definition) is 6. The third-order valence-corrected chi connectivity index (χ3v) is 15.4. The highest BCUT2D eigenvalue weighted by Gasteiger charge is 2.21. The van der Waals surface area contributed by atoms with Crippen molar-refractivity contribution in [2.75, 3.05) is 13.2 Å². The van der Waals surface area contributed by atoms with Gasteiger partial charge in [-0.25, -0.2) is 19.9 Å². The zero-order valence-electron chi connectivity index (χ0n) is 48.1. The molecule has 11 rings (SSSR count). The highest BCUT2D eigenvalue weighted by molar-refractivity contribution is 6.06. The van der Waals surface area contributed by atoms with E-state index in [1.54, 1.807) is 0 Å². The van der Waals surface area contributed by atoms with Crippen molar-refractivity contribution in [2.24, 2.45) is 0 Å². The van der Waals surface area contributed by atoms with Crippen LogP contribution < -0.4 is 9.47 Å². The van der Waals surface area contributed by atoms with E-state index in [1.165, 1.54) is 27.8 Å². The predicted molar refractivity (Wildman–Crippen MR) is 333 cm³/mol. The molecule has 396 valence electrons. The maximum Gasteiger partial charge on any atom is 0.136 e. The molecule has 4 aromatic heterocycles. The van der Waals surface area contributed by atoms with Crippen LogP contribution in [-0.4, -0.2) is 33.1 Å². The second-order valence-electron chi connectivity index (χ2n) is 22.0. The minimum absolute atomic E-state index is 0.135. The predicted octanol–water partition coefficient (Wildman–Crippen LogP) is 18.0. The Morgan fingerprint density at radius 1 is 0.388 bits per heavy atom. The van der Waals surface area contributed by atoms with Crippen LogP contribution in [0.1, 0.15) is 123 Å². The number of nitrogens with zero attached hydrogens (tertiary/aromatic N) is 4. The van der Waals surface area contributed by atoms with Gasteiger partial charge < -0.3 is 9.47 Å². The van der Waals surface area contributed by atoms with Crippen LogP contribution in [0.25, 0.3) is 77.4 Å². The van der Waals surface area contributed by atoms with Gasteiger partial charge in [-0.05, 0) is 133 Å². The number of benzene rings is 6. The maximum absolute atomic E-state index is 6.70. The molecule has 0 radical (unpaired) electrons. The molecule has 6 aromatic carbocycles. The molecular formula is C74H68N4O2.